The third kappa shape index (κ3) is 4.76. The number of ether oxygens (including phenoxy) is 3. The lowest BCUT2D eigenvalue weighted by Crippen LogP contribution is -2.36. The summed E-state index contributed by atoms with van der Waals surface area (Å²) in [5.41, 5.74) is 2.11. The van der Waals surface area contributed by atoms with E-state index in [9.17, 15) is 9.59 Å². The highest BCUT2D eigenvalue weighted by molar-refractivity contribution is 5.76. The summed E-state index contributed by atoms with van der Waals surface area (Å²) in [6.45, 7) is 5.00. The molecule has 2 saturated heterocycles. The summed E-state index contributed by atoms with van der Waals surface area (Å²) in [5, 5.41) is 3.11. The van der Waals surface area contributed by atoms with E-state index in [1.807, 2.05) is 30.3 Å². The van der Waals surface area contributed by atoms with Gasteiger partial charge in [-0.2, -0.15) is 0 Å². The number of nitrogens with one attached hydrogen (secondary N) is 1. The smallest absolute Gasteiger partial charge is 0.320 e. The van der Waals surface area contributed by atoms with Crippen molar-refractivity contribution in [2.45, 2.75) is 63.9 Å². The summed E-state index contributed by atoms with van der Waals surface area (Å²) in [6.07, 6.45) is 5.88. The standard InChI is InChI=1S/C24H31NO5/c1-16-7-6-12-24(2)22(30-24)21-18(11-10-16)19(23(27)29-21)13-25-14-20(26)28-15-17-8-4-3-5-9-17/h3-5,7-9,18-19,21-22,25H,6,10-15H2,1-2H3/b16-7+/t18-,19-,21-,22-,24+/m0/s1. The zero-order chi connectivity index (χ0) is 21.1. The Morgan fingerprint density at radius 3 is 2.90 bits per heavy atom. The van der Waals surface area contributed by atoms with E-state index in [1.165, 1.54) is 5.57 Å². The Hall–Kier alpha value is -2.18. The molecule has 6 heteroatoms. The molecule has 2 fully saturated rings. The topological polar surface area (TPSA) is 77.2 Å². The molecule has 0 aromatic heterocycles. The highest BCUT2D eigenvalue weighted by atomic mass is 16.6. The first-order chi connectivity index (χ1) is 14.5. The number of allylic oxidation sites excluding steroid dienone is 2. The molecule has 0 bridgehead atoms. The fourth-order valence-corrected chi connectivity index (χ4v) is 4.69. The molecule has 2 aliphatic heterocycles. The van der Waals surface area contributed by atoms with Crippen molar-refractivity contribution in [1.29, 1.82) is 0 Å². The minimum atomic E-state index is -0.329. The van der Waals surface area contributed by atoms with E-state index in [0.717, 1.165) is 31.2 Å². The minimum Gasteiger partial charge on any atom is -0.460 e. The van der Waals surface area contributed by atoms with E-state index in [-0.39, 0.29) is 54.7 Å². The van der Waals surface area contributed by atoms with E-state index in [2.05, 4.69) is 25.2 Å². The first kappa shape index (κ1) is 21.1. The number of epoxide rings is 1. The SMILES string of the molecule is C/C1=C\CC[C@@]2(C)O[C@H]2[C@H]2OC(=O)[C@@H](CNCC(=O)OCc3ccccc3)[C@@H]2CC1. The summed E-state index contributed by atoms with van der Waals surface area (Å²) in [6, 6.07) is 9.58. The van der Waals surface area contributed by atoms with E-state index < -0.39 is 0 Å². The van der Waals surface area contributed by atoms with Gasteiger partial charge in [0.1, 0.15) is 18.8 Å². The largest absolute Gasteiger partial charge is 0.460 e. The number of benzene rings is 1. The molecule has 3 aliphatic rings. The number of esters is 2. The van der Waals surface area contributed by atoms with Crippen molar-refractivity contribution < 1.29 is 23.8 Å². The Morgan fingerprint density at radius 2 is 2.10 bits per heavy atom. The van der Waals surface area contributed by atoms with Gasteiger partial charge in [-0.3, -0.25) is 9.59 Å². The Labute approximate surface area is 178 Å². The van der Waals surface area contributed by atoms with Crippen molar-refractivity contribution in [3.8, 4) is 0 Å². The molecule has 1 N–H and O–H groups in total. The number of hydrogen-bond acceptors (Lipinski definition) is 6. The van der Waals surface area contributed by atoms with Gasteiger partial charge in [-0.1, -0.05) is 42.0 Å². The van der Waals surface area contributed by atoms with Crippen LogP contribution in [0.5, 0.6) is 0 Å². The molecule has 0 amide bonds. The maximum Gasteiger partial charge on any atom is 0.320 e. The van der Waals surface area contributed by atoms with Gasteiger partial charge in [0, 0.05) is 12.5 Å². The van der Waals surface area contributed by atoms with Crippen molar-refractivity contribution in [2.24, 2.45) is 11.8 Å². The Balaban J connectivity index is 1.31. The second-order valence-electron chi connectivity index (χ2n) is 8.93. The molecule has 0 spiro atoms. The Kier molecular flexibility index (Phi) is 6.25. The van der Waals surface area contributed by atoms with Crippen LogP contribution in [0.15, 0.2) is 42.0 Å². The van der Waals surface area contributed by atoms with E-state index in [4.69, 9.17) is 14.2 Å². The van der Waals surface area contributed by atoms with Crippen LogP contribution in [0.25, 0.3) is 0 Å². The third-order valence-corrected chi connectivity index (χ3v) is 6.61. The van der Waals surface area contributed by atoms with Crippen LogP contribution in [0.2, 0.25) is 0 Å². The van der Waals surface area contributed by atoms with Crippen molar-refractivity contribution in [3.05, 3.63) is 47.5 Å². The maximum absolute atomic E-state index is 12.6. The second-order valence-corrected chi connectivity index (χ2v) is 8.93. The molecule has 5 atom stereocenters. The van der Waals surface area contributed by atoms with Crippen LogP contribution in [0, 0.1) is 11.8 Å². The molecular formula is C24H31NO5. The number of carbonyl (C=O) groups excluding carboxylic acids is 2. The lowest BCUT2D eigenvalue weighted by Gasteiger charge is -2.22. The highest BCUT2D eigenvalue weighted by Crippen LogP contribution is 2.50. The number of rotatable bonds is 6. The van der Waals surface area contributed by atoms with Gasteiger partial charge in [-0.05, 0) is 45.1 Å². The van der Waals surface area contributed by atoms with Gasteiger partial charge < -0.3 is 19.5 Å². The predicted molar refractivity (Wildman–Crippen MR) is 111 cm³/mol. The van der Waals surface area contributed by atoms with E-state index in [1.54, 1.807) is 0 Å². The minimum absolute atomic E-state index is 0.0147. The molecule has 0 saturated carbocycles. The van der Waals surface area contributed by atoms with Crippen molar-refractivity contribution in [3.63, 3.8) is 0 Å². The molecule has 1 aliphatic carbocycles. The summed E-state index contributed by atoms with van der Waals surface area (Å²) in [4.78, 5) is 24.7. The first-order valence-electron chi connectivity index (χ1n) is 10.9. The molecule has 0 unspecified atom stereocenters. The fourth-order valence-electron chi connectivity index (χ4n) is 4.69. The van der Waals surface area contributed by atoms with Crippen LogP contribution in [0.4, 0.5) is 0 Å². The average molecular weight is 414 g/mol. The van der Waals surface area contributed by atoms with E-state index >= 15 is 0 Å². The van der Waals surface area contributed by atoms with Crippen molar-refractivity contribution >= 4 is 11.9 Å². The Bertz CT molecular complexity index is 807. The van der Waals surface area contributed by atoms with Crippen LogP contribution in [0.1, 0.15) is 45.1 Å². The predicted octanol–water partition coefficient (Wildman–Crippen LogP) is 3.16. The van der Waals surface area contributed by atoms with Crippen LogP contribution in [-0.2, 0) is 30.4 Å². The van der Waals surface area contributed by atoms with Crippen molar-refractivity contribution in [1.82, 2.24) is 5.32 Å². The summed E-state index contributed by atoms with van der Waals surface area (Å²) in [7, 11) is 0. The van der Waals surface area contributed by atoms with Gasteiger partial charge in [0.05, 0.1) is 18.1 Å². The van der Waals surface area contributed by atoms with Crippen molar-refractivity contribution in [2.75, 3.05) is 13.1 Å². The quantitative estimate of drug-likeness (QED) is 0.439. The lowest BCUT2D eigenvalue weighted by atomic mass is 9.80. The normalized spacial score (nSPS) is 34.7. The van der Waals surface area contributed by atoms with Gasteiger partial charge in [0.25, 0.3) is 0 Å². The monoisotopic (exact) mass is 413 g/mol. The van der Waals surface area contributed by atoms with Gasteiger partial charge in [0.15, 0.2) is 0 Å². The summed E-state index contributed by atoms with van der Waals surface area (Å²) < 4.78 is 17.1. The zero-order valence-electron chi connectivity index (χ0n) is 17.8. The first-order valence-corrected chi connectivity index (χ1v) is 10.9. The number of carbonyl (C=O) groups is 2. The molecule has 162 valence electrons. The van der Waals surface area contributed by atoms with Crippen LogP contribution >= 0.6 is 0 Å². The van der Waals surface area contributed by atoms with Gasteiger partial charge in [-0.25, -0.2) is 0 Å². The second kappa shape index (κ2) is 8.90. The molecule has 6 nitrogen and oxygen atoms in total. The molecular weight excluding hydrogens is 382 g/mol. The van der Waals surface area contributed by atoms with Crippen LogP contribution in [-0.4, -0.2) is 42.8 Å². The lowest BCUT2D eigenvalue weighted by molar-refractivity contribution is -0.146. The molecule has 1 aromatic carbocycles. The number of fused-ring (bicyclic) bond motifs is 3. The van der Waals surface area contributed by atoms with Gasteiger partial charge >= 0.3 is 11.9 Å². The molecule has 4 rings (SSSR count). The van der Waals surface area contributed by atoms with Gasteiger partial charge in [0.2, 0.25) is 0 Å². The number of hydrogen-bond donors (Lipinski definition) is 1. The maximum atomic E-state index is 12.6. The van der Waals surface area contributed by atoms with Crippen LogP contribution in [0.3, 0.4) is 0 Å². The van der Waals surface area contributed by atoms with Gasteiger partial charge in [-0.15, -0.1) is 0 Å². The Morgan fingerprint density at radius 1 is 1.30 bits per heavy atom. The highest BCUT2D eigenvalue weighted by Gasteiger charge is 2.62. The van der Waals surface area contributed by atoms with E-state index in [0.29, 0.717) is 6.54 Å². The van der Waals surface area contributed by atoms with Crippen LogP contribution < -0.4 is 5.32 Å². The molecule has 0 radical (unpaired) electrons. The molecule has 1 aromatic rings. The fraction of sp³-hybridized carbons (Fsp3) is 0.583. The third-order valence-electron chi connectivity index (χ3n) is 6.61. The molecule has 30 heavy (non-hydrogen) atoms. The average Bonchev–Trinajstić information content (AvgIpc) is 3.30. The summed E-state index contributed by atoms with van der Waals surface area (Å²) >= 11 is 0. The zero-order valence-corrected chi connectivity index (χ0v) is 17.8. The summed E-state index contributed by atoms with van der Waals surface area (Å²) in [5.74, 6) is -0.685. The molecule has 2 heterocycles.